The highest BCUT2D eigenvalue weighted by atomic mass is 16.5. The molecule has 7 nitrogen and oxygen atoms in total. The molecule has 0 radical (unpaired) electrons. The second-order valence-electron chi connectivity index (χ2n) is 6.70. The van der Waals surface area contributed by atoms with E-state index >= 15 is 0 Å². The van der Waals surface area contributed by atoms with Crippen LogP contribution in [0.5, 0.6) is 0 Å². The molecule has 0 heterocycles. The van der Waals surface area contributed by atoms with E-state index in [4.69, 9.17) is 10.5 Å². The summed E-state index contributed by atoms with van der Waals surface area (Å²) in [5, 5.41) is 5.34. The number of benzene rings is 2. The van der Waals surface area contributed by atoms with Crippen LogP contribution in [-0.2, 0) is 19.1 Å². The second kappa shape index (κ2) is 11.0. The van der Waals surface area contributed by atoms with Crippen molar-refractivity contribution in [2.45, 2.75) is 38.0 Å². The molecule has 2 aromatic rings. The number of nitrogens with two attached hydrogens (primary N) is 1. The van der Waals surface area contributed by atoms with Crippen molar-refractivity contribution in [3.8, 4) is 0 Å². The third-order valence-electron chi connectivity index (χ3n) is 4.58. The molecule has 29 heavy (non-hydrogen) atoms. The third-order valence-corrected chi connectivity index (χ3v) is 4.58. The van der Waals surface area contributed by atoms with E-state index in [1.54, 1.807) is 14.0 Å². The van der Waals surface area contributed by atoms with Crippen molar-refractivity contribution in [3.63, 3.8) is 0 Å². The molecule has 2 rings (SSSR count). The maximum Gasteiger partial charge on any atom is 0.306 e. The number of carbonyl (C=O) groups is 3. The highest BCUT2D eigenvalue weighted by Crippen LogP contribution is 2.26. The lowest BCUT2D eigenvalue weighted by Crippen LogP contribution is -2.50. The Kier molecular flexibility index (Phi) is 8.36. The molecule has 0 aromatic heterocycles. The minimum atomic E-state index is -0.947. The first-order valence-corrected chi connectivity index (χ1v) is 9.48. The molecule has 2 atom stereocenters. The standard InChI is InChI=1S/C22H27N3O4/c1-15(24-2)22(28)25-18(21(23)27)13-14-19(26)29-20(16-9-5-3-6-10-16)17-11-7-4-8-12-17/h3-12,15,18,20,24H,13-14H2,1-2H3,(H2,23,27)(H,25,28)/t15-,18+/m0/s1. The molecular weight excluding hydrogens is 370 g/mol. The Bertz CT molecular complexity index is 772. The largest absolute Gasteiger partial charge is 0.453 e. The van der Waals surface area contributed by atoms with Gasteiger partial charge in [-0.25, -0.2) is 0 Å². The van der Waals surface area contributed by atoms with Gasteiger partial charge in [0.25, 0.3) is 0 Å². The van der Waals surface area contributed by atoms with Crippen LogP contribution in [0.2, 0.25) is 0 Å². The van der Waals surface area contributed by atoms with Crippen molar-refractivity contribution in [3.05, 3.63) is 71.8 Å². The summed E-state index contributed by atoms with van der Waals surface area (Å²) < 4.78 is 5.71. The Hall–Kier alpha value is -3.19. The summed E-state index contributed by atoms with van der Waals surface area (Å²) in [4.78, 5) is 36.1. The molecule has 0 fully saturated rings. The lowest BCUT2D eigenvalue weighted by atomic mass is 10.0. The molecule has 0 aliphatic rings. The SMILES string of the molecule is CN[C@@H](C)C(=O)N[C@H](CCC(=O)OC(c1ccccc1)c1ccccc1)C(N)=O. The van der Waals surface area contributed by atoms with Crippen molar-refractivity contribution in [2.75, 3.05) is 7.05 Å². The lowest BCUT2D eigenvalue weighted by Gasteiger charge is -2.21. The van der Waals surface area contributed by atoms with Crippen molar-refractivity contribution in [1.29, 1.82) is 0 Å². The Balaban J connectivity index is 2.04. The summed E-state index contributed by atoms with van der Waals surface area (Å²) >= 11 is 0. The summed E-state index contributed by atoms with van der Waals surface area (Å²) in [6.07, 6.45) is -0.555. The van der Waals surface area contributed by atoms with Crippen LogP contribution in [0.25, 0.3) is 0 Å². The average Bonchev–Trinajstić information content (AvgIpc) is 2.75. The van der Waals surface area contributed by atoms with Gasteiger partial charge in [0.2, 0.25) is 11.8 Å². The number of hydrogen-bond donors (Lipinski definition) is 3. The van der Waals surface area contributed by atoms with E-state index < -0.39 is 30.1 Å². The minimum absolute atomic E-state index is 0.0576. The van der Waals surface area contributed by atoms with Gasteiger partial charge in [-0.1, -0.05) is 60.7 Å². The lowest BCUT2D eigenvalue weighted by molar-refractivity contribution is -0.148. The van der Waals surface area contributed by atoms with Gasteiger partial charge in [-0.15, -0.1) is 0 Å². The topological polar surface area (TPSA) is 111 Å². The summed E-state index contributed by atoms with van der Waals surface area (Å²) in [5.74, 6) is -1.54. The van der Waals surface area contributed by atoms with Crippen LogP contribution in [-0.4, -0.2) is 36.9 Å². The van der Waals surface area contributed by atoms with Gasteiger partial charge >= 0.3 is 5.97 Å². The molecule has 4 N–H and O–H groups in total. The minimum Gasteiger partial charge on any atom is -0.453 e. The number of nitrogens with one attached hydrogen (secondary N) is 2. The summed E-state index contributed by atoms with van der Waals surface area (Å²) in [6, 6.07) is 17.4. The maximum absolute atomic E-state index is 12.5. The Morgan fingerprint density at radius 1 is 0.966 bits per heavy atom. The number of primary amides is 1. The molecular formula is C22H27N3O4. The van der Waals surface area contributed by atoms with E-state index in [1.807, 2.05) is 60.7 Å². The fraction of sp³-hybridized carbons (Fsp3) is 0.318. The van der Waals surface area contributed by atoms with E-state index in [1.165, 1.54) is 0 Å². The molecule has 0 saturated heterocycles. The zero-order chi connectivity index (χ0) is 21.2. The number of rotatable bonds is 10. The quantitative estimate of drug-likeness (QED) is 0.528. The van der Waals surface area contributed by atoms with E-state index in [0.29, 0.717) is 0 Å². The summed E-state index contributed by atoms with van der Waals surface area (Å²) in [5.41, 5.74) is 7.05. The number of hydrogen-bond acceptors (Lipinski definition) is 5. The molecule has 0 aliphatic heterocycles. The first-order chi connectivity index (χ1) is 13.9. The Labute approximate surface area is 170 Å². The van der Waals surface area contributed by atoms with Crippen LogP contribution < -0.4 is 16.4 Å². The van der Waals surface area contributed by atoms with Crippen LogP contribution >= 0.6 is 0 Å². The van der Waals surface area contributed by atoms with Crippen LogP contribution in [0.1, 0.15) is 37.0 Å². The zero-order valence-corrected chi connectivity index (χ0v) is 16.6. The number of amides is 2. The van der Waals surface area contributed by atoms with Gasteiger partial charge in [0.1, 0.15) is 6.04 Å². The predicted molar refractivity (Wildman–Crippen MR) is 110 cm³/mol. The fourth-order valence-electron chi connectivity index (χ4n) is 2.75. The highest BCUT2D eigenvalue weighted by molar-refractivity contribution is 5.89. The first-order valence-electron chi connectivity index (χ1n) is 9.48. The van der Waals surface area contributed by atoms with Crippen molar-refractivity contribution in [1.82, 2.24) is 10.6 Å². The predicted octanol–water partition coefficient (Wildman–Crippen LogP) is 1.68. The van der Waals surface area contributed by atoms with Crippen molar-refractivity contribution in [2.24, 2.45) is 5.73 Å². The molecule has 2 aromatic carbocycles. The summed E-state index contributed by atoms with van der Waals surface area (Å²) in [6.45, 7) is 1.66. The Morgan fingerprint density at radius 3 is 1.93 bits per heavy atom. The van der Waals surface area contributed by atoms with Crippen molar-refractivity contribution < 1.29 is 19.1 Å². The number of carbonyl (C=O) groups excluding carboxylic acids is 3. The molecule has 0 spiro atoms. The average molecular weight is 397 g/mol. The van der Waals surface area contributed by atoms with Gasteiger partial charge in [0.15, 0.2) is 6.10 Å². The smallest absolute Gasteiger partial charge is 0.306 e. The number of ether oxygens (including phenoxy) is 1. The maximum atomic E-state index is 12.5. The molecule has 7 heteroatoms. The van der Waals surface area contributed by atoms with Crippen LogP contribution in [0.15, 0.2) is 60.7 Å². The Morgan fingerprint density at radius 2 is 1.48 bits per heavy atom. The normalized spacial score (nSPS) is 12.8. The van der Waals surface area contributed by atoms with E-state index in [-0.39, 0.29) is 18.7 Å². The van der Waals surface area contributed by atoms with Gasteiger partial charge in [-0.05, 0) is 31.5 Å². The summed E-state index contributed by atoms with van der Waals surface area (Å²) in [7, 11) is 1.63. The second-order valence-corrected chi connectivity index (χ2v) is 6.70. The van der Waals surface area contributed by atoms with Crippen LogP contribution in [0.4, 0.5) is 0 Å². The van der Waals surface area contributed by atoms with Gasteiger partial charge in [-0.2, -0.15) is 0 Å². The molecule has 0 bridgehead atoms. The van der Waals surface area contributed by atoms with Gasteiger partial charge in [0.05, 0.1) is 6.04 Å². The van der Waals surface area contributed by atoms with Gasteiger partial charge in [-0.3, -0.25) is 14.4 Å². The molecule has 2 amide bonds. The van der Waals surface area contributed by atoms with Crippen molar-refractivity contribution >= 4 is 17.8 Å². The monoisotopic (exact) mass is 397 g/mol. The van der Waals surface area contributed by atoms with E-state index in [2.05, 4.69) is 10.6 Å². The van der Waals surface area contributed by atoms with Crippen LogP contribution in [0, 0.1) is 0 Å². The molecule has 154 valence electrons. The van der Waals surface area contributed by atoms with E-state index in [0.717, 1.165) is 11.1 Å². The fourth-order valence-corrected chi connectivity index (χ4v) is 2.75. The van der Waals surface area contributed by atoms with Crippen LogP contribution in [0.3, 0.4) is 0 Å². The van der Waals surface area contributed by atoms with Gasteiger partial charge < -0.3 is 21.1 Å². The molecule has 0 saturated carbocycles. The molecule has 0 unspecified atom stereocenters. The molecule has 0 aliphatic carbocycles. The highest BCUT2D eigenvalue weighted by Gasteiger charge is 2.24. The third kappa shape index (κ3) is 6.73. The zero-order valence-electron chi connectivity index (χ0n) is 16.6. The number of likely N-dealkylation sites (N-methyl/N-ethyl adjacent to an activating group) is 1. The van der Waals surface area contributed by atoms with Gasteiger partial charge in [0, 0.05) is 6.42 Å². The first kappa shape index (κ1) is 22.1. The number of esters is 1. The van der Waals surface area contributed by atoms with E-state index in [9.17, 15) is 14.4 Å².